The predicted molar refractivity (Wildman–Crippen MR) is 134 cm³/mol. The Kier molecular flexibility index (Phi) is 7.98. The minimum Gasteiger partial charge on any atom is -0.418 e. The molecule has 4 rings (SSSR count). The van der Waals surface area contributed by atoms with Gasteiger partial charge in [-0.1, -0.05) is 58.9 Å². The molecule has 11 heteroatoms. The lowest BCUT2D eigenvalue weighted by atomic mass is 9.92. The first kappa shape index (κ1) is 27.1. The Balaban J connectivity index is 0.00000361. The second kappa shape index (κ2) is 10.6. The van der Waals surface area contributed by atoms with E-state index in [0.29, 0.717) is 18.0 Å². The number of hydrogen-bond donors (Lipinski definition) is 2. The number of carbonyl (C=O) groups is 3. The van der Waals surface area contributed by atoms with Crippen molar-refractivity contribution < 1.29 is 18.8 Å². The van der Waals surface area contributed by atoms with Crippen molar-refractivity contribution in [3.8, 4) is 0 Å². The summed E-state index contributed by atoms with van der Waals surface area (Å²) in [6.45, 7) is 9.64. The lowest BCUT2D eigenvalue weighted by Gasteiger charge is -2.36. The summed E-state index contributed by atoms with van der Waals surface area (Å²) < 4.78 is 5.62. The van der Waals surface area contributed by atoms with Gasteiger partial charge in [-0.05, 0) is 17.0 Å². The molecule has 1 unspecified atom stereocenters. The van der Waals surface area contributed by atoms with Gasteiger partial charge in [-0.15, -0.1) is 22.6 Å². The third kappa shape index (κ3) is 5.48. The number of benzene rings is 1. The Hall–Kier alpha value is -3.53. The second-order valence-corrected chi connectivity index (χ2v) is 10.1. The smallest absolute Gasteiger partial charge is 0.286 e. The fourth-order valence-corrected chi connectivity index (χ4v) is 4.04. The molecule has 1 aliphatic heterocycles. The number of nitrogens with zero attached hydrogens (tertiary/aromatic N) is 4. The van der Waals surface area contributed by atoms with E-state index in [-0.39, 0.29) is 36.7 Å². The minimum absolute atomic E-state index is 0. The second-order valence-electron chi connectivity index (χ2n) is 10.1. The molecule has 0 saturated heterocycles. The fraction of sp³-hybridized carbons (Fsp3) is 0.440. The van der Waals surface area contributed by atoms with Crippen LogP contribution in [0, 0.1) is 5.92 Å². The van der Waals surface area contributed by atoms with Gasteiger partial charge in [-0.3, -0.25) is 14.4 Å². The molecular formula is C25H31ClN6O4. The number of rotatable bonds is 6. The summed E-state index contributed by atoms with van der Waals surface area (Å²) in [6.07, 6.45) is 3.18. The summed E-state index contributed by atoms with van der Waals surface area (Å²) >= 11 is 0. The van der Waals surface area contributed by atoms with Gasteiger partial charge in [0.1, 0.15) is 11.7 Å². The SMILES string of the molecule is CC(C)[C@H](NC(=O)C1Cc2ccccc2CN1C(=O)c1cnc[nH]1)C(=O)c1nnc(C(C)(C)C)o1.Cl. The molecule has 2 atom stereocenters. The molecule has 0 saturated carbocycles. The Bertz CT molecular complexity index is 1230. The van der Waals surface area contributed by atoms with Crippen molar-refractivity contribution in [1.29, 1.82) is 0 Å². The molecular weight excluding hydrogens is 484 g/mol. The Labute approximate surface area is 215 Å². The lowest BCUT2D eigenvalue weighted by molar-refractivity contribution is -0.126. The summed E-state index contributed by atoms with van der Waals surface area (Å²) in [5.41, 5.74) is 1.84. The van der Waals surface area contributed by atoms with E-state index in [4.69, 9.17) is 4.42 Å². The first-order valence-electron chi connectivity index (χ1n) is 11.6. The molecule has 2 amide bonds. The monoisotopic (exact) mass is 514 g/mol. The molecule has 0 aliphatic carbocycles. The van der Waals surface area contributed by atoms with Crippen LogP contribution in [0.4, 0.5) is 0 Å². The number of halogens is 1. The van der Waals surface area contributed by atoms with Crippen molar-refractivity contribution in [3.05, 3.63) is 65.4 Å². The van der Waals surface area contributed by atoms with Crippen LogP contribution < -0.4 is 5.32 Å². The highest BCUT2D eigenvalue weighted by molar-refractivity contribution is 6.01. The molecule has 0 spiro atoms. The number of aromatic amines is 1. The number of Topliss-reactive ketones (excluding diaryl/α,β-unsaturated/α-hetero) is 1. The van der Waals surface area contributed by atoms with E-state index >= 15 is 0 Å². The van der Waals surface area contributed by atoms with Gasteiger partial charge in [-0.25, -0.2) is 4.98 Å². The van der Waals surface area contributed by atoms with Gasteiger partial charge in [0, 0.05) is 18.4 Å². The molecule has 3 heterocycles. The first-order valence-corrected chi connectivity index (χ1v) is 11.6. The van der Waals surface area contributed by atoms with Crippen molar-refractivity contribution >= 4 is 30.0 Å². The number of H-pyrrole nitrogens is 1. The van der Waals surface area contributed by atoms with Crippen molar-refractivity contribution in [3.63, 3.8) is 0 Å². The zero-order valence-electron chi connectivity index (χ0n) is 20.9. The minimum atomic E-state index is -0.892. The number of amides is 2. The van der Waals surface area contributed by atoms with E-state index in [9.17, 15) is 14.4 Å². The van der Waals surface area contributed by atoms with E-state index in [0.717, 1.165) is 11.1 Å². The number of imidazole rings is 1. The van der Waals surface area contributed by atoms with Crippen LogP contribution in [0.1, 0.15) is 72.8 Å². The molecule has 1 aromatic carbocycles. The van der Waals surface area contributed by atoms with Crippen LogP contribution in [-0.4, -0.2) is 54.7 Å². The molecule has 3 aromatic rings. The van der Waals surface area contributed by atoms with Crippen LogP contribution in [0.15, 0.2) is 41.2 Å². The van der Waals surface area contributed by atoms with Crippen LogP contribution in [0.5, 0.6) is 0 Å². The molecule has 192 valence electrons. The Morgan fingerprint density at radius 3 is 2.42 bits per heavy atom. The van der Waals surface area contributed by atoms with Crippen molar-refractivity contribution in [1.82, 2.24) is 30.4 Å². The van der Waals surface area contributed by atoms with Crippen molar-refractivity contribution in [2.45, 2.75) is 65.1 Å². The molecule has 10 nitrogen and oxygen atoms in total. The molecule has 0 radical (unpaired) electrons. The highest BCUT2D eigenvalue weighted by Gasteiger charge is 2.38. The van der Waals surface area contributed by atoms with Gasteiger partial charge in [0.2, 0.25) is 17.6 Å². The third-order valence-corrected chi connectivity index (χ3v) is 6.06. The summed E-state index contributed by atoms with van der Waals surface area (Å²) in [7, 11) is 0. The fourth-order valence-electron chi connectivity index (χ4n) is 4.04. The molecule has 0 fully saturated rings. The van der Waals surface area contributed by atoms with Gasteiger partial charge in [-0.2, -0.15) is 0 Å². The van der Waals surface area contributed by atoms with E-state index < -0.39 is 29.2 Å². The molecule has 0 bridgehead atoms. The topological polar surface area (TPSA) is 134 Å². The Morgan fingerprint density at radius 1 is 1.14 bits per heavy atom. The number of nitrogens with one attached hydrogen (secondary N) is 2. The largest absolute Gasteiger partial charge is 0.418 e. The average Bonchev–Trinajstić information content (AvgIpc) is 3.53. The zero-order valence-corrected chi connectivity index (χ0v) is 21.8. The number of hydrogen-bond acceptors (Lipinski definition) is 7. The summed E-state index contributed by atoms with van der Waals surface area (Å²) in [6, 6.07) is 6.01. The van der Waals surface area contributed by atoms with Gasteiger partial charge < -0.3 is 19.6 Å². The van der Waals surface area contributed by atoms with Crippen LogP contribution in [0.2, 0.25) is 0 Å². The van der Waals surface area contributed by atoms with Crippen LogP contribution >= 0.6 is 12.4 Å². The zero-order chi connectivity index (χ0) is 25.3. The van der Waals surface area contributed by atoms with Gasteiger partial charge in [0.15, 0.2) is 0 Å². The third-order valence-electron chi connectivity index (χ3n) is 6.06. The van der Waals surface area contributed by atoms with Gasteiger partial charge in [0.25, 0.3) is 11.8 Å². The maximum Gasteiger partial charge on any atom is 0.286 e. The molecule has 36 heavy (non-hydrogen) atoms. The summed E-state index contributed by atoms with van der Waals surface area (Å²) in [5, 5.41) is 10.8. The standard InChI is InChI=1S/C25H30N6O4.ClH/c1-14(2)19(20(32)22-29-30-24(35-22)25(3,4)5)28-21(33)18-10-15-8-6-7-9-16(15)12-31(18)23(34)17-11-26-13-27-17;/h6-9,11,13-14,18-19H,10,12H2,1-5H3,(H,26,27)(H,28,33);1H/t18?,19-;/m0./s1. The van der Waals surface area contributed by atoms with E-state index in [2.05, 4.69) is 25.5 Å². The summed E-state index contributed by atoms with van der Waals surface area (Å²) in [5.74, 6) is -1.27. The normalized spacial score (nSPS) is 16.2. The van der Waals surface area contributed by atoms with E-state index in [1.54, 1.807) is 0 Å². The van der Waals surface area contributed by atoms with Gasteiger partial charge >= 0.3 is 0 Å². The first-order chi connectivity index (χ1) is 16.6. The van der Waals surface area contributed by atoms with Crippen LogP contribution in [-0.2, 0) is 23.2 Å². The van der Waals surface area contributed by atoms with Gasteiger partial charge in [0.05, 0.1) is 18.6 Å². The predicted octanol–water partition coefficient (Wildman–Crippen LogP) is 3.10. The van der Waals surface area contributed by atoms with Crippen LogP contribution in [0.3, 0.4) is 0 Å². The highest BCUT2D eigenvalue weighted by Crippen LogP contribution is 2.26. The van der Waals surface area contributed by atoms with Crippen molar-refractivity contribution in [2.75, 3.05) is 0 Å². The van der Waals surface area contributed by atoms with Crippen LogP contribution in [0.25, 0.3) is 0 Å². The van der Waals surface area contributed by atoms with E-state index in [1.807, 2.05) is 58.9 Å². The number of ketones is 1. The molecule has 1 aliphatic rings. The highest BCUT2D eigenvalue weighted by atomic mass is 35.5. The maximum absolute atomic E-state index is 13.6. The number of carbonyl (C=O) groups excluding carboxylic acids is 3. The lowest BCUT2D eigenvalue weighted by Crippen LogP contribution is -2.56. The number of aromatic nitrogens is 4. The summed E-state index contributed by atoms with van der Waals surface area (Å²) in [4.78, 5) is 48.3. The van der Waals surface area contributed by atoms with E-state index in [1.165, 1.54) is 17.4 Å². The maximum atomic E-state index is 13.6. The van der Waals surface area contributed by atoms with Crippen molar-refractivity contribution in [2.24, 2.45) is 5.92 Å². The molecule has 2 aromatic heterocycles. The Morgan fingerprint density at radius 2 is 1.83 bits per heavy atom. The quantitative estimate of drug-likeness (QED) is 0.482. The average molecular weight is 515 g/mol. The molecule has 2 N–H and O–H groups in total. The number of fused-ring (bicyclic) bond motifs is 1.